The van der Waals surface area contributed by atoms with Gasteiger partial charge in [-0.15, -0.1) is 0 Å². The molecule has 0 heterocycles. The highest BCUT2D eigenvalue weighted by Gasteiger charge is 1.96. The molecule has 0 aromatic rings. The highest BCUT2D eigenvalue weighted by atomic mass is 32.2. The van der Waals surface area contributed by atoms with Crippen LogP contribution in [0.2, 0.25) is 0 Å². The summed E-state index contributed by atoms with van der Waals surface area (Å²) in [5.74, 6) is 2.82. The van der Waals surface area contributed by atoms with E-state index in [-0.39, 0.29) is 0 Å². The van der Waals surface area contributed by atoms with Crippen LogP contribution in [0, 0.1) is 0 Å². The van der Waals surface area contributed by atoms with Crippen LogP contribution in [0.4, 0.5) is 0 Å². The van der Waals surface area contributed by atoms with Crippen molar-refractivity contribution in [2.24, 2.45) is 0 Å². The molecule has 0 unspecified atom stereocenters. The summed E-state index contributed by atoms with van der Waals surface area (Å²) in [6.07, 6.45) is 38.2. The van der Waals surface area contributed by atoms with Crippen molar-refractivity contribution < 1.29 is 0 Å². The van der Waals surface area contributed by atoms with Gasteiger partial charge in [-0.25, -0.2) is 0 Å². The van der Waals surface area contributed by atoms with Gasteiger partial charge in [0, 0.05) is 0 Å². The van der Waals surface area contributed by atoms with E-state index in [1.54, 1.807) is 0 Å². The lowest BCUT2D eigenvalue weighted by molar-refractivity contribution is 0.526. The number of rotatable bonds is 28. The molecule has 0 bridgehead atoms. The molecule has 1 heteroatoms. The van der Waals surface area contributed by atoms with Gasteiger partial charge in [-0.2, -0.15) is 11.8 Å². The van der Waals surface area contributed by atoms with E-state index >= 15 is 0 Å². The van der Waals surface area contributed by atoms with Crippen molar-refractivity contribution in [3.63, 3.8) is 0 Å². The van der Waals surface area contributed by atoms with Crippen molar-refractivity contribution in [3.05, 3.63) is 0 Å². The van der Waals surface area contributed by atoms with Crippen molar-refractivity contribution in [3.8, 4) is 0 Å². The van der Waals surface area contributed by atoms with Crippen LogP contribution in [-0.2, 0) is 0 Å². The second-order valence-electron chi connectivity index (χ2n) is 10.1. The van der Waals surface area contributed by atoms with Crippen LogP contribution in [0.5, 0.6) is 0 Å². The van der Waals surface area contributed by atoms with Crippen LogP contribution < -0.4 is 0 Å². The number of hydrogen-bond donors (Lipinski definition) is 0. The van der Waals surface area contributed by atoms with Crippen molar-refractivity contribution in [1.82, 2.24) is 0 Å². The van der Waals surface area contributed by atoms with Crippen LogP contribution in [0.3, 0.4) is 0 Å². The Morgan fingerprint density at radius 1 is 0.258 bits per heavy atom. The molecule has 0 rings (SSSR count). The van der Waals surface area contributed by atoms with Gasteiger partial charge in [-0.1, -0.05) is 168 Å². The molecule has 0 aliphatic carbocycles. The molecule has 0 fully saturated rings. The molecule has 31 heavy (non-hydrogen) atoms. The number of unbranched alkanes of at least 4 members (excludes halogenated alkanes) is 24. The third-order valence-corrected chi connectivity index (χ3v) is 7.94. The van der Waals surface area contributed by atoms with E-state index in [1.807, 2.05) is 0 Å². The Kier molecular flexibility index (Phi) is 30.7. The molecule has 0 atom stereocenters. The quantitative estimate of drug-likeness (QED) is 0.106. The maximum absolute atomic E-state index is 2.31. The molecule has 0 aromatic heterocycles. The van der Waals surface area contributed by atoms with Gasteiger partial charge >= 0.3 is 0 Å². The van der Waals surface area contributed by atoms with Gasteiger partial charge in [0.2, 0.25) is 0 Å². The smallest absolute Gasteiger partial charge is 0.00675 e. The first-order valence-corrected chi connectivity index (χ1v) is 16.1. The number of thioether (sulfide) groups is 1. The molecular formula is C30H62S. The third kappa shape index (κ3) is 30.4. The van der Waals surface area contributed by atoms with E-state index in [4.69, 9.17) is 0 Å². The van der Waals surface area contributed by atoms with E-state index < -0.39 is 0 Å². The van der Waals surface area contributed by atoms with Gasteiger partial charge in [0.05, 0.1) is 0 Å². The zero-order valence-corrected chi connectivity index (χ0v) is 23.0. The zero-order chi connectivity index (χ0) is 22.5. The van der Waals surface area contributed by atoms with Crippen LogP contribution in [-0.4, -0.2) is 11.5 Å². The van der Waals surface area contributed by atoms with Gasteiger partial charge in [-0.05, 0) is 24.3 Å². The summed E-state index contributed by atoms with van der Waals surface area (Å²) in [5.41, 5.74) is 0. The van der Waals surface area contributed by atoms with Crippen LogP contribution >= 0.6 is 11.8 Å². The van der Waals surface area contributed by atoms with Crippen molar-refractivity contribution >= 4 is 11.8 Å². The molecule has 0 saturated carbocycles. The molecule has 0 aliphatic heterocycles. The summed E-state index contributed by atoms with van der Waals surface area (Å²) in [6.45, 7) is 4.61. The van der Waals surface area contributed by atoms with E-state index in [0.29, 0.717) is 0 Å². The average Bonchev–Trinajstić information content (AvgIpc) is 2.78. The topological polar surface area (TPSA) is 0 Å². The normalized spacial score (nSPS) is 11.4. The molecule has 0 N–H and O–H groups in total. The summed E-state index contributed by atoms with van der Waals surface area (Å²) in [5, 5.41) is 0. The fourth-order valence-electron chi connectivity index (χ4n) is 4.55. The Morgan fingerprint density at radius 2 is 0.452 bits per heavy atom. The van der Waals surface area contributed by atoms with Gasteiger partial charge in [0.1, 0.15) is 0 Å². The van der Waals surface area contributed by atoms with Gasteiger partial charge in [-0.3, -0.25) is 0 Å². The fraction of sp³-hybridized carbons (Fsp3) is 1.00. The summed E-state index contributed by atoms with van der Waals surface area (Å²) >= 11 is 2.21. The number of hydrogen-bond acceptors (Lipinski definition) is 1. The van der Waals surface area contributed by atoms with E-state index in [1.165, 1.54) is 178 Å². The lowest BCUT2D eigenvalue weighted by atomic mass is 10.0. The fourth-order valence-corrected chi connectivity index (χ4v) is 5.57. The zero-order valence-electron chi connectivity index (χ0n) is 22.2. The Bertz CT molecular complexity index is 260. The lowest BCUT2D eigenvalue weighted by Crippen LogP contribution is -1.87. The van der Waals surface area contributed by atoms with Crippen LogP contribution in [0.1, 0.15) is 181 Å². The highest BCUT2D eigenvalue weighted by molar-refractivity contribution is 7.99. The first-order valence-electron chi connectivity index (χ1n) is 15.0. The molecule has 188 valence electrons. The Labute approximate surface area is 203 Å². The molecule has 0 saturated heterocycles. The molecule has 0 spiro atoms. The second kappa shape index (κ2) is 30.4. The summed E-state index contributed by atoms with van der Waals surface area (Å²) < 4.78 is 0. The molecule has 0 aromatic carbocycles. The first-order chi connectivity index (χ1) is 15.4. The highest BCUT2D eigenvalue weighted by Crippen LogP contribution is 2.16. The predicted molar refractivity (Wildman–Crippen MR) is 149 cm³/mol. The third-order valence-electron chi connectivity index (χ3n) is 6.78. The maximum atomic E-state index is 2.31. The SMILES string of the molecule is CCCCCCCCCCCCCCCCCCCCSCCCCCCCCCC. The molecule has 0 radical (unpaired) electrons. The Balaban J connectivity index is 2.98. The van der Waals surface area contributed by atoms with Gasteiger partial charge < -0.3 is 0 Å². The predicted octanol–water partition coefficient (Wildman–Crippen LogP) is 11.9. The molecule has 0 aliphatic rings. The van der Waals surface area contributed by atoms with Crippen molar-refractivity contribution in [2.45, 2.75) is 181 Å². The average molecular weight is 455 g/mol. The van der Waals surface area contributed by atoms with Crippen molar-refractivity contribution in [1.29, 1.82) is 0 Å². The Morgan fingerprint density at radius 3 is 0.677 bits per heavy atom. The van der Waals surface area contributed by atoms with Gasteiger partial charge in [0.15, 0.2) is 0 Å². The van der Waals surface area contributed by atoms with Crippen LogP contribution in [0.15, 0.2) is 0 Å². The minimum absolute atomic E-state index is 1.37. The standard InChI is InChI=1S/C30H62S/c1-3-5-7-9-11-13-14-15-16-17-18-19-20-21-22-24-26-28-30-31-29-27-25-23-12-10-8-6-4-2/h3-30H2,1-2H3. The van der Waals surface area contributed by atoms with Crippen molar-refractivity contribution in [2.75, 3.05) is 11.5 Å². The van der Waals surface area contributed by atoms with Crippen LogP contribution in [0.25, 0.3) is 0 Å². The maximum Gasteiger partial charge on any atom is -0.00675 e. The minimum Gasteiger partial charge on any atom is -0.162 e. The lowest BCUT2D eigenvalue weighted by Gasteiger charge is -2.04. The second-order valence-corrected chi connectivity index (χ2v) is 11.3. The minimum atomic E-state index is 1.37. The molecular weight excluding hydrogens is 392 g/mol. The Hall–Kier alpha value is 0.350. The molecule has 0 nitrogen and oxygen atoms in total. The monoisotopic (exact) mass is 454 g/mol. The summed E-state index contributed by atoms with van der Waals surface area (Å²) in [7, 11) is 0. The summed E-state index contributed by atoms with van der Waals surface area (Å²) in [6, 6.07) is 0. The summed E-state index contributed by atoms with van der Waals surface area (Å²) in [4.78, 5) is 0. The van der Waals surface area contributed by atoms with E-state index in [9.17, 15) is 0 Å². The molecule has 0 amide bonds. The first kappa shape index (κ1) is 31.4. The largest absolute Gasteiger partial charge is 0.162 e. The van der Waals surface area contributed by atoms with E-state index in [2.05, 4.69) is 25.6 Å². The van der Waals surface area contributed by atoms with E-state index in [0.717, 1.165) is 0 Å². The van der Waals surface area contributed by atoms with Gasteiger partial charge in [0.25, 0.3) is 0 Å².